The van der Waals surface area contributed by atoms with E-state index >= 15 is 0 Å². The lowest BCUT2D eigenvalue weighted by Crippen LogP contribution is -2.06. The molecule has 5 heteroatoms. The summed E-state index contributed by atoms with van der Waals surface area (Å²) in [5, 5.41) is -1.30. The quantitative estimate of drug-likeness (QED) is 0.427. The van der Waals surface area contributed by atoms with Gasteiger partial charge in [-0.1, -0.05) is 30.3 Å². The first-order chi connectivity index (χ1) is 8.52. The highest BCUT2D eigenvalue weighted by Gasteiger charge is 2.25. The van der Waals surface area contributed by atoms with Crippen LogP contribution in [-0.2, 0) is 0 Å². The van der Waals surface area contributed by atoms with Crippen LogP contribution in [0.25, 0.3) is 0 Å². The maximum absolute atomic E-state index is 13.5. The summed E-state index contributed by atoms with van der Waals surface area (Å²) in [6.45, 7) is 0. The van der Waals surface area contributed by atoms with E-state index in [1.807, 2.05) is 0 Å². The van der Waals surface area contributed by atoms with Gasteiger partial charge >= 0.3 is 0 Å². The fraction of sp³-hybridized carbons (Fsp3) is 0.0769. The molecule has 0 aliphatic carbocycles. The third-order valence-electron chi connectivity index (χ3n) is 2.49. The third-order valence-corrected chi connectivity index (χ3v) is 2.96. The summed E-state index contributed by atoms with van der Waals surface area (Å²) in [7, 11) is 0. The minimum Gasteiger partial charge on any atom is -0.204 e. The van der Waals surface area contributed by atoms with Crippen LogP contribution in [-0.4, -0.2) is 0 Å². The van der Waals surface area contributed by atoms with Crippen molar-refractivity contribution in [2.75, 3.05) is 0 Å². The number of alkyl halides is 1. The van der Waals surface area contributed by atoms with Crippen LogP contribution in [0.15, 0.2) is 36.4 Å². The highest BCUT2D eigenvalue weighted by Crippen LogP contribution is 2.34. The number of hydrogen-bond acceptors (Lipinski definition) is 0. The molecule has 1 unspecified atom stereocenters. The van der Waals surface area contributed by atoms with Gasteiger partial charge in [-0.2, -0.15) is 0 Å². The Morgan fingerprint density at radius 2 is 1.33 bits per heavy atom. The van der Waals surface area contributed by atoms with Gasteiger partial charge in [0.15, 0.2) is 23.3 Å². The van der Waals surface area contributed by atoms with Crippen LogP contribution >= 0.6 is 11.6 Å². The van der Waals surface area contributed by atoms with Gasteiger partial charge in [0.2, 0.25) is 0 Å². The Labute approximate surface area is 106 Å². The molecule has 0 N–H and O–H groups in total. The fourth-order valence-corrected chi connectivity index (χ4v) is 1.94. The molecule has 0 spiro atoms. The van der Waals surface area contributed by atoms with Crippen LogP contribution in [0, 0.1) is 23.3 Å². The van der Waals surface area contributed by atoms with Crippen molar-refractivity contribution in [1.82, 2.24) is 0 Å². The highest BCUT2D eigenvalue weighted by atomic mass is 35.5. The van der Waals surface area contributed by atoms with E-state index in [4.69, 9.17) is 11.6 Å². The van der Waals surface area contributed by atoms with Gasteiger partial charge in [0.05, 0.1) is 10.9 Å². The molecule has 0 nitrogen and oxygen atoms in total. The lowest BCUT2D eigenvalue weighted by molar-refractivity contribution is 0.440. The summed E-state index contributed by atoms with van der Waals surface area (Å²) in [4.78, 5) is 0. The molecule has 0 aromatic heterocycles. The smallest absolute Gasteiger partial charge is 0.167 e. The molecule has 2 aromatic carbocycles. The maximum Gasteiger partial charge on any atom is 0.167 e. The molecule has 1 atom stereocenters. The van der Waals surface area contributed by atoms with E-state index < -0.39 is 34.2 Å². The Kier molecular flexibility index (Phi) is 3.57. The molecular weight excluding hydrogens is 268 g/mol. The van der Waals surface area contributed by atoms with Gasteiger partial charge in [0, 0.05) is 6.07 Å². The van der Waals surface area contributed by atoms with Crippen LogP contribution in [0.5, 0.6) is 0 Å². The van der Waals surface area contributed by atoms with E-state index in [0.29, 0.717) is 5.56 Å². The maximum atomic E-state index is 13.5. The summed E-state index contributed by atoms with van der Waals surface area (Å²) in [6.07, 6.45) is 0. The van der Waals surface area contributed by atoms with E-state index in [2.05, 4.69) is 0 Å². The van der Waals surface area contributed by atoms with Crippen LogP contribution in [0.4, 0.5) is 17.6 Å². The standard InChI is InChI=1S/C13H7ClF4/c14-11(7-4-2-1-3-5-7)10-12(17)8(15)6-9(16)13(10)18/h1-6,11H. The van der Waals surface area contributed by atoms with E-state index in [-0.39, 0.29) is 6.07 Å². The summed E-state index contributed by atoms with van der Waals surface area (Å²) in [6, 6.07) is 8.08. The zero-order valence-electron chi connectivity index (χ0n) is 8.93. The number of hydrogen-bond donors (Lipinski definition) is 0. The molecule has 0 fully saturated rings. The molecule has 0 saturated carbocycles. The van der Waals surface area contributed by atoms with Gasteiger partial charge in [-0.15, -0.1) is 11.6 Å². The second-order valence-electron chi connectivity index (χ2n) is 3.66. The van der Waals surface area contributed by atoms with Crippen molar-refractivity contribution in [3.8, 4) is 0 Å². The van der Waals surface area contributed by atoms with Crippen molar-refractivity contribution in [1.29, 1.82) is 0 Å². The van der Waals surface area contributed by atoms with Crippen molar-refractivity contribution >= 4 is 11.6 Å². The number of benzene rings is 2. The Bertz CT molecular complexity index is 543. The second kappa shape index (κ2) is 4.98. The average Bonchev–Trinajstić information content (AvgIpc) is 2.37. The Morgan fingerprint density at radius 3 is 1.83 bits per heavy atom. The van der Waals surface area contributed by atoms with Crippen LogP contribution in [0.1, 0.15) is 16.5 Å². The molecule has 0 saturated heterocycles. The van der Waals surface area contributed by atoms with Crippen LogP contribution in [0.3, 0.4) is 0 Å². The Balaban J connectivity index is 2.58. The van der Waals surface area contributed by atoms with Crippen molar-refractivity contribution in [3.05, 3.63) is 70.8 Å². The van der Waals surface area contributed by atoms with Crippen molar-refractivity contribution in [3.63, 3.8) is 0 Å². The molecule has 0 bridgehead atoms. The summed E-state index contributed by atoms with van der Waals surface area (Å²) >= 11 is 5.87. The minimum atomic E-state index is -1.47. The Hall–Kier alpha value is -1.55. The first-order valence-electron chi connectivity index (χ1n) is 5.04. The molecule has 0 aliphatic heterocycles. The van der Waals surface area contributed by atoms with Gasteiger partial charge in [0.1, 0.15) is 0 Å². The van der Waals surface area contributed by atoms with E-state index in [1.165, 1.54) is 12.1 Å². The van der Waals surface area contributed by atoms with Gasteiger partial charge in [-0.05, 0) is 5.56 Å². The molecular formula is C13H7ClF4. The van der Waals surface area contributed by atoms with E-state index in [9.17, 15) is 17.6 Å². The zero-order chi connectivity index (χ0) is 13.3. The molecule has 0 aliphatic rings. The lowest BCUT2D eigenvalue weighted by Gasteiger charge is -2.13. The predicted octanol–water partition coefficient (Wildman–Crippen LogP) is 4.57. The predicted molar refractivity (Wildman–Crippen MR) is 60.4 cm³/mol. The second-order valence-corrected chi connectivity index (χ2v) is 4.09. The molecule has 0 radical (unpaired) electrons. The van der Waals surface area contributed by atoms with Crippen molar-refractivity contribution in [2.45, 2.75) is 5.38 Å². The first-order valence-corrected chi connectivity index (χ1v) is 5.48. The highest BCUT2D eigenvalue weighted by molar-refractivity contribution is 6.22. The molecule has 94 valence electrons. The van der Waals surface area contributed by atoms with Crippen molar-refractivity contribution < 1.29 is 17.6 Å². The topological polar surface area (TPSA) is 0 Å². The first kappa shape index (κ1) is 12.9. The van der Waals surface area contributed by atoms with Gasteiger partial charge in [-0.25, -0.2) is 17.6 Å². The zero-order valence-corrected chi connectivity index (χ0v) is 9.69. The van der Waals surface area contributed by atoms with Crippen LogP contribution in [0.2, 0.25) is 0 Å². The summed E-state index contributed by atoms with van der Waals surface area (Å²) < 4.78 is 53.1. The Morgan fingerprint density at radius 1 is 0.833 bits per heavy atom. The normalized spacial score (nSPS) is 12.5. The number of halogens is 5. The summed E-state index contributed by atoms with van der Waals surface area (Å²) in [5.74, 6) is -5.88. The third kappa shape index (κ3) is 2.20. The molecule has 2 aromatic rings. The lowest BCUT2D eigenvalue weighted by atomic mass is 10.0. The number of rotatable bonds is 2. The van der Waals surface area contributed by atoms with E-state index in [0.717, 1.165) is 0 Å². The van der Waals surface area contributed by atoms with E-state index in [1.54, 1.807) is 18.2 Å². The van der Waals surface area contributed by atoms with Crippen LogP contribution < -0.4 is 0 Å². The van der Waals surface area contributed by atoms with Gasteiger partial charge in [-0.3, -0.25) is 0 Å². The monoisotopic (exact) mass is 274 g/mol. The fourth-order valence-electron chi connectivity index (χ4n) is 1.60. The van der Waals surface area contributed by atoms with Gasteiger partial charge in [0.25, 0.3) is 0 Å². The average molecular weight is 275 g/mol. The molecule has 18 heavy (non-hydrogen) atoms. The SMILES string of the molecule is Fc1cc(F)c(F)c(C(Cl)c2ccccc2)c1F. The largest absolute Gasteiger partial charge is 0.204 e. The molecule has 0 amide bonds. The summed E-state index contributed by atoms with van der Waals surface area (Å²) in [5.41, 5.74) is -0.470. The molecule has 0 heterocycles. The minimum absolute atomic E-state index is 0.156. The van der Waals surface area contributed by atoms with Gasteiger partial charge < -0.3 is 0 Å². The van der Waals surface area contributed by atoms with Crippen molar-refractivity contribution in [2.24, 2.45) is 0 Å². The molecule has 2 rings (SSSR count).